The van der Waals surface area contributed by atoms with Gasteiger partial charge in [-0.25, -0.2) is 4.98 Å². The molecule has 3 N–H and O–H groups in total. The Hall–Kier alpha value is -1.34. The minimum atomic E-state index is -0.0346. The summed E-state index contributed by atoms with van der Waals surface area (Å²) in [5.41, 5.74) is 5.97. The number of piperazine rings is 1. The van der Waals surface area contributed by atoms with Crippen LogP contribution >= 0.6 is 11.3 Å². The number of nitrogens with one attached hydrogen (secondary N) is 1. The van der Waals surface area contributed by atoms with Crippen molar-refractivity contribution in [3.8, 4) is 0 Å². The number of anilines is 2. The van der Waals surface area contributed by atoms with Gasteiger partial charge < -0.3 is 20.9 Å². The van der Waals surface area contributed by atoms with Gasteiger partial charge in [-0.3, -0.25) is 4.79 Å². The summed E-state index contributed by atoms with van der Waals surface area (Å²) in [5, 5.41) is 4.15. The van der Waals surface area contributed by atoms with Crippen molar-refractivity contribution in [3.63, 3.8) is 0 Å². The molecule has 0 radical (unpaired) electrons. The zero-order valence-corrected chi connectivity index (χ0v) is 14.0. The first-order valence-electron chi connectivity index (χ1n) is 7.41. The fourth-order valence-electron chi connectivity index (χ4n) is 2.26. The van der Waals surface area contributed by atoms with Crippen LogP contribution in [0.2, 0.25) is 0 Å². The summed E-state index contributed by atoms with van der Waals surface area (Å²) in [6.07, 6.45) is 0. The first-order chi connectivity index (χ1) is 9.91. The zero-order chi connectivity index (χ0) is 15.6. The van der Waals surface area contributed by atoms with Crippen LogP contribution in [0.3, 0.4) is 0 Å². The first kappa shape index (κ1) is 16.0. The molecule has 1 fully saturated rings. The van der Waals surface area contributed by atoms with Crippen LogP contribution in [-0.4, -0.2) is 55.1 Å². The molecule has 0 spiro atoms. The van der Waals surface area contributed by atoms with E-state index in [0.717, 1.165) is 31.3 Å². The van der Waals surface area contributed by atoms with Crippen molar-refractivity contribution < 1.29 is 4.79 Å². The molecular formula is C14H25N5OS. The van der Waals surface area contributed by atoms with Crippen LogP contribution in [0.15, 0.2) is 0 Å². The molecule has 1 atom stereocenters. The summed E-state index contributed by atoms with van der Waals surface area (Å²) in [6, 6.07) is 0.168. The predicted octanol–water partition coefficient (Wildman–Crippen LogP) is 1.25. The van der Waals surface area contributed by atoms with E-state index in [2.05, 4.69) is 36.0 Å². The van der Waals surface area contributed by atoms with E-state index in [1.54, 1.807) is 4.90 Å². The summed E-state index contributed by atoms with van der Waals surface area (Å²) in [4.78, 5) is 21.5. The Labute approximate surface area is 130 Å². The largest absolute Gasteiger partial charge is 0.382 e. The van der Waals surface area contributed by atoms with Gasteiger partial charge in [-0.2, -0.15) is 0 Å². The lowest BCUT2D eigenvalue weighted by molar-refractivity contribution is 0.0713. The molecular weight excluding hydrogens is 286 g/mol. The SMILES string of the molecule is CC(C)C(C)N(C)C(=O)c1sc(N2CCNCC2)nc1N. The summed E-state index contributed by atoms with van der Waals surface area (Å²) in [6.45, 7) is 9.95. The monoisotopic (exact) mass is 311 g/mol. The molecule has 0 bridgehead atoms. The van der Waals surface area contributed by atoms with E-state index in [9.17, 15) is 4.79 Å². The lowest BCUT2D eigenvalue weighted by atomic mass is 10.1. The number of thiazole rings is 1. The third-order valence-corrected chi connectivity index (χ3v) is 5.24. The summed E-state index contributed by atoms with van der Waals surface area (Å²) in [5.74, 6) is 0.717. The van der Waals surface area contributed by atoms with E-state index in [4.69, 9.17) is 5.73 Å². The molecule has 1 aromatic heterocycles. The molecule has 2 heterocycles. The van der Waals surface area contributed by atoms with Gasteiger partial charge in [0.2, 0.25) is 0 Å². The van der Waals surface area contributed by atoms with Crippen LogP contribution in [0.25, 0.3) is 0 Å². The van der Waals surface area contributed by atoms with Crippen molar-refractivity contribution in [2.24, 2.45) is 5.92 Å². The van der Waals surface area contributed by atoms with E-state index in [-0.39, 0.29) is 11.9 Å². The van der Waals surface area contributed by atoms with Crippen LogP contribution in [0.1, 0.15) is 30.4 Å². The maximum atomic E-state index is 12.6. The van der Waals surface area contributed by atoms with Gasteiger partial charge in [-0.05, 0) is 12.8 Å². The van der Waals surface area contributed by atoms with Crippen molar-refractivity contribution in [2.75, 3.05) is 43.9 Å². The maximum absolute atomic E-state index is 12.6. The van der Waals surface area contributed by atoms with Gasteiger partial charge in [-0.1, -0.05) is 25.2 Å². The van der Waals surface area contributed by atoms with Crippen LogP contribution < -0.4 is 16.0 Å². The third kappa shape index (κ3) is 3.47. The highest BCUT2D eigenvalue weighted by molar-refractivity contribution is 7.18. The fourth-order valence-corrected chi connectivity index (χ4v) is 3.28. The van der Waals surface area contributed by atoms with Crippen molar-refractivity contribution in [1.82, 2.24) is 15.2 Å². The normalized spacial score (nSPS) is 17.1. The van der Waals surface area contributed by atoms with Crippen LogP contribution in [0, 0.1) is 5.92 Å². The Morgan fingerprint density at radius 2 is 2.00 bits per heavy atom. The van der Waals surface area contributed by atoms with E-state index in [0.29, 0.717) is 16.6 Å². The predicted molar refractivity (Wildman–Crippen MR) is 88.0 cm³/mol. The molecule has 1 aliphatic heterocycles. The molecule has 0 saturated carbocycles. The lowest BCUT2D eigenvalue weighted by Gasteiger charge is -2.27. The molecule has 2 rings (SSSR count). The maximum Gasteiger partial charge on any atom is 0.267 e. The number of nitrogens with two attached hydrogens (primary N) is 1. The quantitative estimate of drug-likeness (QED) is 0.875. The highest BCUT2D eigenvalue weighted by Crippen LogP contribution is 2.30. The summed E-state index contributed by atoms with van der Waals surface area (Å²) < 4.78 is 0. The minimum Gasteiger partial charge on any atom is -0.382 e. The van der Waals surface area contributed by atoms with Crippen LogP contribution in [-0.2, 0) is 0 Å². The summed E-state index contributed by atoms with van der Waals surface area (Å²) >= 11 is 1.40. The number of nitrogen functional groups attached to an aromatic ring is 1. The molecule has 0 aliphatic carbocycles. The Bertz CT molecular complexity index is 496. The fraction of sp³-hybridized carbons (Fsp3) is 0.714. The molecule has 118 valence electrons. The number of nitrogens with zero attached hydrogens (tertiary/aromatic N) is 3. The van der Waals surface area contributed by atoms with Gasteiger partial charge in [-0.15, -0.1) is 0 Å². The number of hydrogen-bond acceptors (Lipinski definition) is 6. The molecule has 1 amide bonds. The van der Waals surface area contributed by atoms with Crippen molar-refractivity contribution in [1.29, 1.82) is 0 Å². The van der Waals surface area contributed by atoms with Gasteiger partial charge >= 0.3 is 0 Å². The highest BCUT2D eigenvalue weighted by atomic mass is 32.1. The molecule has 6 nitrogen and oxygen atoms in total. The zero-order valence-electron chi connectivity index (χ0n) is 13.2. The second-order valence-electron chi connectivity index (χ2n) is 5.85. The second kappa shape index (κ2) is 6.62. The Morgan fingerprint density at radius 3 is 2.57 bits per heavy atom. The molecule has 7 heteroatoms. The van der Waals surface area contributed by atoms with E-state index in [1.807, 2.05) is 7.05 Å². The standard InChI is InChI=1S/C14H25N5OS/c1-9(2)10(3)18(4)13(20)11-12(15)17-14(21-11)19-7-5-16-6-8-19/h9-10,16H,5-8,15H2,1-4H3. The average molecular weight is 311 g/mol. The number of rotatable bonds is 4. The Kier molecular flexibility index (Phi) is 5.05. The number of hydrogen-bond donors (Lipinski definition) is 2. The molecule has 1 aliphatic rings. The number of carbonyl (C=O) groups is 1. The molecule has 21 heavy (non-hydrogen) atoms. The van der Waals surface area contributed by atoms with Gasteiger partial charge in [0, 0.05) is 39.3 Å². The Morgan fingerprint density at radius 1 is 1.38 bits per heavy atom. The molecule has 1 unspecified atom stereocenters. The lowest BCUT2D eigenvalue weighted by Crippen LogP contribution is -2.43. The minimum absolute atomic E-state index is 0.0346. The van der Waals surface area contributed by atoms with Crippen molar-refractivity contribution in [2.45, 2.75) is 26.8 Å². The van der Waals surface area contributed by atoms with Crippen molar-refractivity contribution >= 4 is 28.2 Å². The number of aromatic nitrogens is 1. The first-order valence-corrected chi connectivity index (χ1v) is 8.22. The van der Waals surface area contributed by atoms with Gasteiger partial charge in [0.05, 0.1) is 0 Å². The van der Waals surface area contributed by atoms with Gasteiger partial charge in [0.15, 0.2) is 5.13 Å². The number of amides is 1. The van der Waals surface area contributed by atoms with E-state index >= 15 is 0 Å². The molecule has 1 saturated heterocycles. The van der Waals surface area contributed by atoms with E-state index in [1.165, 1.54) is 11.3 Å². The topological polar surface area (TPSA) is 74.5 Å². The third-order valence-electron chi connectivity index (χ3n) is 4.12. The van der Waals surface area contributed by atoms with Gasteiger partial charge in [0.25, 0.3) is 5.91 Å². The number of carbonyl (C=O) groups excluding carboxylic acids is 1. The van der Waals surface area contributed by atoms with Crippen molar-refractivity contribution in [3.05, 3.63) is 4.88 Å². The van der Waals surface area contributed by atoms with Gasteiger partial charge in [0.1, 0.15) is 10.7 Å². The summed E-state index contributed by atoms with van der Waals surface area (Å²) in [7, 11) is 1.83. The highest BCUT2D eigenvalue weighted by Gasteiger charge is 2.26. The Balaban J connectivity index is 2.16. The van der Waals surface area contributed by atoms with Crippen LogP contribution in [0.5, 0.6) is 0 Å². The smallest absolute Gasteiger partial charge is 0.267 e. The second-order valence-corrected chi connectivity index (χ2v) is 6.83. The van der Waals surface area contributed by atoms with E-state index < -0.39 is 0 Å². The molecule has 1 aromatic rings. The van der Waals surface area contributed by atoms with Crippen LogP contribution in [0.4, 0.5) is 10.9 Å². The molecule has 0 aromatic carbocycles. The average Bonchev–Trinajstić information content (AvgIpc) is 2.87.